The third-order valence-corrected chi connectivity index (χ3v) is 2.22. The number of fused-ring (bicyclic) bond motifs is 1. The maximum atomic E-state index is 3.46. The molecule has 1 aromatic carbocycles. The van der Waals surface area contributed by atoms with E-state index in [1.165, 1.54) is 17.8 Å². The Morgan fingerprint density at radius 3 is 2.83 bits per heavy atom. The number of para-hydroxylation sites is 2. The van der Waals surface area contributed by atoms with Crippen molar-refractivity contribution in [3.63, 3.8) is 0 Å². The molecule has 64 valence electrons. The Morgan fingerprint density at radius 1 is 1.25 bits per heavy atom. The second-order valence-electron chi connectivity index (χ2n) is 3.31. The first-order chi connectivity index (χ1) is 5.86. The van der Waals surface area contributed by atoms with Crippen molar-refractivity contribution >= 4 is 11.4 Å². The predicted molar refractivity (Wildman–Crippen MR) is 52.6 cm³/mol. The number of nitrogens with one attached hydrogen (secondary N) is 2. The Balaban J connectivity index is 2.31. The molecular formula is C10H14N2. The second kappa shape index (κ2) is 3.05. The van der Waals surface area contributed by atoms with Gasteiger partial charge in [0.1, 0.15) is 0 Å². The van der Waals surface area contributed by atoms with Gasteiger partial charge in [-0.15, -0.1) is 0 Å². The summed E-state index contributed by atoms with van der Waals surface area (Å²) < 4.78 is 0. The van der Waals surface area contributed by atoms with Crippen LogP contribution in [-0.4, -0.2) is 12.6 Å². The summed E-state index contributed by atoms with van der Waals surface area (Å²) in [5.74, 6) is 0. The highest BCUT2D eigenvalue weighted by atomic mass is 15.0. The van der Waals surface area contributed by atoms with E-state index in [4.69, 9.17) is 0 Å². The lowest BCUT2D eigenvalue weighted by Crippen LogP contribution is -2.14. The smallest absolute Gasteiger partial charge is 0.0578 e. The van der Waals surface area contributed by atoms with Gasteiger partial charge in [-0.25, -0.2) is 0 Å². The van der Waals surface area contributed by atoms with E-state index < -0.39 is 0 Å². The summed E-state index contributed by atoms with van der Waals surface area (Å²) in [7, 11) is 0. The topological polar surface area (TPSA) is 24.1 Å². The van der Waals surface area contributed by atoms with Crippen molar-refractivity contribution in [1.29, 1.82) is 0 Å². The molecule has 12 heavy (non-hydrogen) atoms. The number of anilines is 2. The van der Waals surface area contributed by atoms with Crippen molar-refractivity contribution in [3.05, 3.63) is 24.3 Å². The van der Waals surface area contributed by atoms with E-state index in [0.717, 1.165) is 6.54 Å². The van der Waals surface area contributed by atoms with E-state index in [9.17, 15) is 0 Å². The molecule has 0 radical (unpaired) electrons. The highest BCUT2D eigenvalue weighted by Gasteiger charge is 2.09. The second-order valence-corrected chi connectivity index (χ2v) is 3.31. The van der Waals surface area contributed by atoms with Gasteiger partial charge in [-0.05, 0) is 25.5 Å². The third kappa shape index (κ3) is 1.37. The standard InChI is InChI=1S/C10H14N2/c1-8-6-7-11-9-4-2-3-5-10(9)12-8/h2-5,8,11-12H,6-7H2,1H3/t8-/m1/s1. The van der Waals surface area contributed by atoms with E-state index >= 15 is 0 Å². The quantitative estimate of drug-likeness (QED) is 0.611. The van der Waals surface area contributed by atoms with Crippen molar-refractivity contribution < 1.29 is 0 Å². The predicted octanol–water partition coefficient (Wildman–Crippen LogP) is 2.30. The van der Waals surface area contributed by atoms with Gasteiger partial charge in [0.2, 0.25) is 0 Å². The Morgan fingerprint density at radius 2 is 2.00 bits per heavy atom. The van der Waals surface area contributed by atoms with Crippen LogP contribution in [0.25, 0.3) is 0 Å². The van der Waals surface area contributed by atoms with Gasteiger partial charge in [-0.3, -0.25) is 0 Å². The molecule has 1 aliphatic rings. The largest absolute Gasteiger partial charge is 0.383 e. The number of hydrogen-bond donors (Lipinski definition) is 2. The molecule has 2 heteroatoms. The molecule has 0 aliphatic carbocycles. The van der Waals surface area contributed by atoms with Gasteiger partial charge in [0, 0.05) is 12.6 Å². The van der Waals surface area contributed by atoms with Crippen molar-refractivity contribution in [3.8, 4) is 0 Å². The van der Waals surface area contributed by atoms with Crippen LogP contribution in [0.4, 0.5) is 11.4 Å². The fourth-order valence-corrected chi connectivity index (χ4v) is 1.52. The Bertz CT molecular complexity index is 270. The minimum atomic E-state index is 0.571. The van der Waals surface area contributed by atoms with Crippen LogP contribution in [-0.2, 0) is 0 Å². The lowest BCUT2D eigenvalue weighted by molar-refractivity contribution is 0.745. The molecule has 0 spiro atoms. The van der Waals surface area contributed by atoms with Crippen LogP contribution >= 0.6 is 0 Å². The lowest BCUT2D eigenvalue weighted by Gasteiger charge is -2.11. The van der Waals surface area contributed by atoms with Gasteiger partial charge in [0.15, 0.2) is 0 Å². The number of hydrogen-bond acceptors (Lipinski definition) is 2. The molecule has 1 heterocycles. The number of rotatable bonds is 0. The molecule has 0 saturated carbocycles. The van der Waals surface area contributed by atoms with Gasteiger partial charge in [-0.1, -0.05) is 12.1 Å². The highest BCUT2D eigenvalue weighted by molar-refractivity contribution is 5.69. The first kappa shape index (κ1) is 7.47. The monoisotopic (exact) mass is 162 g/mol. The zero-order chi connectivity index (χ0) is 8.39. The molecule has 0 amide bonds. The zero-order valence-electron chi connectivity index (χ0n) is 7.30. The SMILES string of the molecule is C[C@@H]1CCNc2ccccc2N1. The van der Waals surface area contributed by atoms with Crippen LogP contribution in [0.15, 0.2) is 24.3 Å². The Hall–Kier alpha value is -1.18. The van der Waals surface area contributed by atoms with Crippen molar-refractivity contribution in [2.45, 2.75) is 19.4 Å². The molecule has 0 aromatic heterocycles. The third-order valence-electron chi connectivity index (χ3n) is 2.22. The van der Waals surface area contributed by atoms with E-state index in [2.05, 4.69) is 41.8 Å². The summed E-state index contributed by atoms with van der Waals surface area (Å²) in [4.78, 5) is 0. The molecule has 1 aromatic rings. The van der Waals surface area contributed by atoms with Crippen LogP contribution < -0.4 is 10.6 Å². The van der Waals surface area contributed by atoms with Crippen LogP contribution in [0.5, 0.6) is 0 Å². The van der Waals surface area contributed by atoms with Gasteiger partial charge in [-0.2, -0.15) is 0 Å². The van der Waals surface area contributed by atoms with Crippen molar-refractivity contribution in [2.24, 2.45) is 0 Å². The summed E-state index contributed by atoms with van der Waals surface area (Å²) in [5.41, 5.74) is 2.45. The van der Waals surface area contributed by atoms with E-state index in [0.29, 0.717) is 6.04 Å². The fourth-order valence-electron chi connectivity index (χ4n) is 1.52. The van der Waals surface area contributed by atoms with Gasteiger partial charge >= 0.3 is 0 Å². The van der Waals surface area contributed by atoms with Crippen molar-refractivity contribution in [1.82, 2.24) is 0 Å². The molecule has 2 rings (SSSR count). The van der Waals surface area contributed by atoms with E-state index in [1.807, 2.05) is 0 Å². The Labute approximate surface area is 73.0 Å². The van der Waals surface area contributed by atoms with Gasteiger partial charge in [0.05, 0.1) is 11.4 Å². The van der Waals surface area contributed by atoms with Crippen LogP contribution in [0.3, 0.4) is 0 Å². The first-order valence-electron chi connectivity index (χ1n) is 4.46. The first-order valence-corrected chi connectivity index (χ1v) is 4.46. The molecular weight excluding hydrogens is 148 g/mol. The summed E-state index contributed by atoms with van der Waals surface area (Å²) >= 11 is 0. The van der Waals surface area contributed by atoms with Crippen molar-refractivity contribution in [2.75, 3.05) is 17.2 Å². The van der Waals surface area contributed by atoms with Crippen LogP contribution in [0.2, 0.25) is 0 Å². The van der Waals surface area contributed by atoms with Gasteiger partial charge < -0.3 is 10.6 Å². The van der Waals surface area contributed by atoms with Crippen LogP contribution in [0.1, 0.15) is 13.3 Å². The minimum Gasteiger partial charge on any atom is -0.383 e. The summed E-state index contributed by atoms with van der Waals surface area (Å²) in [6.07, 6.45) is 1.18. The molecule has 2 nitrogen and oxygen atoms in total. The zero-order valence-corrected chi connectivity index (χ0v) is 7.30. The van der Waals surface area contributed by atoms with Gasteiger partial charge in [0.25, 0.3) is 0 Å². The average molecular weight is 162 g/mol. The Kier molecular flexibility index (Phi) is 1.90. The fraction of sp³-hybridized carbons (Fsp3) is 0.400. The molecule has 0 fully saturated rings. The molecule has 0 saturated heterocycles. The maximum Gasteiger partial charge on any atom is 0.0578 e. The average Bonchev–Trinajstić information content (AvgIpc) is 2.25. The maximum absolute atomic E-state index is 3.46. The summed E-state index contributed by atoms with van der Waals surface area (Å²) in [6, 6.07) is 8.92. The molecule has 0 bridgehead atoms. The minimum absolute atomic E-state index is 0.571. The van der Waals surface area contributed by atoms with E-state index in [1.54, 1.807) is 0 Å². The highest BCUT2D eigenvalue weighted by Crippen LogP contribution is 2.24. The molecule has 0 unspecified atom stereocenters. The molecule has 1 aliphatic heterocycles. The summed E-state index contributed by atoms with van der Waals surface area (Å²) in [6.45, 7) is 3.27. The number of benzene rings is 1. The van der Waals surface area contributed by atoms with Crippen LogP contribution in [0, 0.1) is 0 Å². The molecule has 1 atom stereocenters. The normalized spacial score (nSPS) is 21.6. The van der Waals surface area contributed by atoms with E-state index in [-0.39, 0.29) is 0 Å². The molecule has 2 N–H and O–H groups in total. The summed E-state index contributed by atoms with van der Waals surface area (Å²) in [5, 5.41) is 6.85. The lowest BCUT2D eigenvalue weighted by atomic mass is 10.2.